The fourth-order valence-corrected chi connectivity index (χ4v) is 2.77. The second kappa shape index (κ2) is 3.72. The van der Waals surface area contributed by atoms with Crippen LogP contribution in [-0.2, 0) is 0 Å². The molecule has 0 fully saturated rings. The minimum absolute atomic E-state index is 0.340. The lowest BCUT2D eigenvalue weighted by Gasteiger charge is -2.07. The van der Waals surface area contributed by atoms with Crippen molar-refractivity contribution in [2.24, 2.45) is 0 Å². The van der Waals surface area contributed by atoms with Gasteiger partial charge in [-0.05, 0) is 45.1 Å². The lowest BCUT2D eigenvalue weighted by atomic mass is 9.98. The average Bonchev–Trinajstić information content (AvgIpc) is 2.45. The SMILES string of the molecule is Oc1cccc2c1ccc1cc3ccccc3cc12. The van der Waals surface area contributed by atoms with Crippen LogP contribution in [0.1, 0.15) is 0 Å². The molecule has 0 heterocycles. The van der Waals surface area contributed by atoms with Crippen LogP contribution in [0.4, 0.5) is 0 Å². The molecule has 0 aliphatic rings. The van der Waals surface area contributed by atoms with Gasteiger partial charge in [-0.2, -0.15) is 0 Å². The second-order valence-corrected chi connectivity index (χ2v) is 4.86. The molecule has 4 rings (SSSR count). The molecule has 0 saturated heterocycles. The Morgan fingerprint density at radius 1 is 0.526 bits per heavy atom. The number of aromatic hydroxyl groups is 1. The van der Waals surface area contributed by atoms with E-state index in [0.717, 1.165) is 10.8 Å². The molecule has 0 aromatic heterocycles. The molecule has 0 atom stereocenters. The molecule has 0 aliphatic carbocycles. The smallest absolute Gasteiger partial charge is 0.123 e. The van der Waals surface area contributed by atoms with Gasteiger partial charge >= 0.3 is 0 Å². The van der Waals surface area contributed by atoms with Crippen LogP contribution < -0.4 is 0 Å². The van der Waals surface area contributed by atoms with Crippen LogP contribution in [0.3, 0.4) is 0 Å². The third-order valence-electron chi connectivity index (χ3n) is 3.72. The highest BCUT2D eigenvalue weighted by atomic mass is 16.3. The molecule has 1 heteroatoms. The molecule has 0 aliphatic heterocycles. The third-order valence-corrected chi connectivity index (χ3v) is 3.72. The number of fused-ring (bicyclic) bond motifs is 4. The topological polar surface area (TPSA) is 20.2 Å². The molecular weight excluding hydrogens is 232 g/mol. The maximum atomic E-state index is 9.94. The number of hydrogen-bond acceptors (Lipinski definition) is 1. The van der Waals surface area contributed by atoms with Gasteiger partial charge in [0.15, 0.2) is 0 Å². The van der Waals surface area contributed by atoms with Gasteiger partial charge in [0.25, 0.3) is 0 Å². The van der Waals surface area contributed by atoms with E-state index in [0.29, 0.717) is 5.75 Å². The molecule has 4 aromatic rings. The maximum absolute atomic E-state index is 9.94. The van der Waals surface area contributed by atoms with Gasteiger partial charge in [-0.15, -0.1) is 0 Å². The summed E-state index contributed by atoms with van der Waals surface area (Å²) >= 11 is 0. The molecule has 1 N–H and O–H groups in total. The van der Waals surface area contributed by atoms with Crippen molar-refractivity contribution >= 4 is 32.3 Å². The Balaban J connectivity index is 2.26. The minimum atomic E-state index is 0.340. The Morgan fingerprint density at radius 3 is 2.16 bits per heavy atom. The van der Waals surface area contributed by atoms with Gasteiger partial charge in [-0.3, -0.25) is 0 Å². The average molecular weight is 244 g/mol. The minimum Gasteiger partial charge on any atom is -0.507 e. The largest absolute Gasteiger partial charge is 0.507 e. The van der Waals surface area contributed by atoms with Gasteiger partial charge in [0.1, 0.15) is 5.75 Å². The summed E-state index contributed by atoms with van der Waals surface area (Å²) < 4.78 is 0. The Hall–Kier alpha value is -2.54. The summed E-state index contributed by atoms with van der Waals surface area (Å²) in [6, 6.07) is 22.5. The Kier molecular flexibility index (Phi) is 2.04. The highest BCUT2D eigenvalue weighted by molar-refractivity contribution is 6.13. The van der Waals surface area contributed by atoms with Crippen molar-refractivity contribution in [1.29, 1.82) is 0 Å². The lowest BCUT2D eigenvalue weighted by Crippen LogP contribution is -1.80. The van der Waals surface area contributed by atoms with Gasteiger partial charge in [-0.1, -0.05) is 48.5 Å². The van der Waals surface area contributed by atoms with Crippen molar-refractivity contribution in [3.8, 4) is 5.75 Å². The number of benzene rings is 4. The van der Waals surface area contributed by atoms with Gasteiger partial charge in [-0.25, -0.2) is 0 Å². The fourth-order valence-electron chi connectivity index (χ4n) is 2.77. The number of hydrogen-bond donors (Lipinski definition) is 1. The Morgan fingerprint density at radius 2 is 1.32 bits per heavy atom. The van der Waals surface area contributed by atoms with Crippen LogP contribution in [0.5, 0.6) is 5.75 Å². The molecule has 19 heavy (non-hydrogen) atoms. The molecule has 0 radical (unpaired) electrons. The van der Waals surface area contributed by atoms with Crippen LogP contribution in [0.25, 0.3) is 32.3 Å². The number of phenolic OH excluding ortho intramolecular Hbond substituents is 1. The quantitative estimate of drug-likeness (QED) is 0.346. The Labute approximate surface area is 110 Å². The highest BCUT2D eigenvalue weighted by Crippen LogP contribution is 2.33. The molecule has 0 spiro atoms. The lowest BCUT2D eigenvalue weighted by molar-refractivity contribution is 0.481. The van der Waals surface area contributed by atoms with E-state index in [1.54, 1.807) is 6.07 Å². The normalized spacial score (nSPS) is 11.4. The van der Waals surface area contributed by atoms with Crippen LogP contribution in [0, 0.1) is 0 Å². The van der Waals surface area contributed by atoms with Crippen molar-refractivity contribution in [3.05, 3.63) is 66.7 Å². The van der Waals surface area contributed by atoms with E-state index >= 15 is 0 Å². The molecule has 90 valence electrons. The van der Waals surface area contributed by atoms with E-state index in [9.17, 15) is 5.11 Å². The standard InChI is InChI=1S/C18H12O/c19-18-7-3-6-15-16(18)9-8-14-10-12-4-1-2-5-13(12)11-17(14)15/h1-11,19H. The molecule has 0 saturated carbocycles. The predicted molar refractivity (Wildman–Crippen MR) is 80.6 cm³/mol. The monoisotopic (exact) mass is 244 g/mol. The number of phenols is 1. The van der Waals surface area contributed by atoms with Gasteiger partial charge < -0.3 is 5.11 Å². The maximum Gasteiger partial charge on any atom is 0.123 e. The van der Waals surface area contributed by atoms with Crippen molar-refractivity contribution in [2.45, 2.75) is 0 Å². The highest BCUT2D eigenvalue weighted by Gasteiger charge is 2.04. The Bertz CT molecular complexity index is 922. The molecule has 4 aromatic carbocycles. The summed E-state index contributed by atoms with van der Waals surface area (Å²) in [6.45, 7) is 0. The zero-order chi connectivity index (χ0) is 12.8. The van der Waals surface area contributed by atoms with E-state index in [4.69, 9.17) is 0 Å². The zero-order valence-corrected chi connectivity index (χ0v) is 10.3. The van der Waals surface area contributed by atoms with Crippen molar-refractivity contribution < 1.29 is 5.11 Å². The summed E-state index contributed by atoms with van der Waals surface area (Å²) in [6.07, 6.45) is 0. The molecule has 1 nitrogen and oxygen atoms in total. The summed E-state index contributed by atoms with van der Waals surface area (Å²) in [5.74, 6) is 0.340. The van der Waals surface area contributed by atoms with Crippen LogP contribution in [-0.4, -0.2) is 5.11 Å². The summed E-state index contributed by atoms with van der Waals surface area (Å²) in [7, 11) is 0. The first-order chi connectivity index (χ1) is 9.33. The van der Waals surface area contributed by atoms with Crippen molar-refractivity contribution in [2.75, 3.05) is 0 Å². The van der Waals surface area contributed by atoms with Gasteiger partial charge in [0, 0.05) is 5.39 Å². The van der Waals surface area contributed by atoms with Crippen LogP contribution in [0.2, 0.25) is 0 Å². The van der Waals surface area contributed by atoms with E-state index in [1.807, 2.05) is 12.1 Å². The third kappa shape index (κ3) is 1.48. The summed E-state index contributed by atoms with van der Waals surface area (Å²) in [5, 5.41) is 16.8. The first-order valence-corrected chi connectivity index (χ1v) is 6.36. The van der Waals surface area contributed by atoms with Crippen LogP contribution >= 0.6 is 0 Å². The molecule has 0 amide bonds. The van der Waals surface area contributed by atoms with E-state index in [1.165, 1.54) is 21.5 Å². The fraction of sp³-hybridized carbons (Fsp3) is 0. The van der Waals surface area contributed by atoms with Gasteiger partial charge in [0.05, 0.1) is 0 Å². The molecular formula is C18H12O. The second-order valence-electron chi connectivity index (χ2n) is 4.86. The predicted octanol–water partition coefficient (Wildman–Crippen LogP) is 4.85. The summed E-state index contributed by atoms with van der Waals surface area (Å²) in [4.78, 5) is 0. The molecule has 0 bridgehead atoms. The van der Waals surface area contributed by atoms with E-state index in [-0.39, 0.29) is 0 Å². The molecule has 0 unspecified atom stereocenters. The van der Waals surface area contributed by atoms with Crippen LogP contribution in [0.15, 0.2) is 66.7 Å². The first-order valence-electron chi connectivity index (χ1n) is 6.36. The first kappa shape index (κ1) is 10.4. The van der Waals surface area contributed by atoms with Crippen molar-refractivity contribution in [3.63, 3.8) is 0 Å². The van der Waals surface area contributed by atoms with Crippen molar-refractivity contribution in [1.82, 2.24) is 0 Å². The zero-order valence-electron chi connectivity index (χ0n) is 10.3. The van der Waals surface area contributed by atoms with E-state index < -0.39 is 0 Å². The summed E-state index contributed by atoms with van der Waals surface area (Å²) in [5.41, 5.74) is 0. The van der Waals surface area contributed by atoms with E-state index in [2.05, 4.69) is 48.5 Å². The van der Waals surface area contributed by atoms with Gasteiger partial charge in [0.2, 0.25) is 0 Å². The number of rotatable bonds is 0.